The fourth-order valence-electron chi connectivity index (χ4n) is 1.53. The first-order chi connectivity index (χ1) is 9.00. The van der Waals surface area contributed by atoms with Crippen molar-refractivity contribution >= 4 is 21.8 Å². The molecule has 1 aromatic carbocycles. The van der Waals surface area contributed by atoms with E-state index in [0.717, 1.165) is 12.8 Å². The van der Waals surface area contributed by atoms with Crippen LogP contribution in [0.15, 0.2) is 24.3 Å². The molecule has 0 bridgehead atoms. The standard InChI is InChI=1S/C13H16BrF2NO2/c1-9(14)5-4-8-17-12(18)10-6-2-3-7-11(10)19-13(15)16/h2-3,6-7,9,13H,4-5,8H2,1H3,(H,17,18). The lowest BCUT2D eigenvalue weighted by atomic mass is 10.2. The van der Waals surface area contributed by atoms with Gasteiger partial charge in [0.05, 0.1) is 5.56 Å². The minimum Gasteiger partial charge on any atom is -0.434 e. The second-order valence-electron chi connectivity index (χ2n) is 4.05. The first-order valence-electron chi connectivity index (χ1n) is 5.97. The van der Waals surface area contributed by atoms with E-state index in [1.165, 1.54) is 12.1 Å². The van der Waals surface area contributed by atoms with Gasteiger partial charge < -0.3 is 10.1 Å². The van der Waals surface area contributed by atoms with Gasteiger partial charge in [0.15, 0.2) is 0 Å². The predicted octanol–water partition coefficient (Wildman–Crippen LogP) is 3.58. The summed E-state index contributed by atoms with van der Waals surface area (Å²) in [5.74, 6) is -0.512. The van der Waals surface area contributed by atoms with Gasteiger partial charge in [0.1, 0.15) is 5.75 Å². The van der Waals surface area contributed by atoms with E-state index in [1.54, 1.807) is 12.1 Å². The first-order valence-corrected chi connectivity index (χ1v) is 6.88. The van der Waals surface area contributed by atoms with E-state index < -0.39 is 12.5 Å². The third-order valence-corrected chi connectivity index (χ3v) is 2.87. The molecule has 1 aromatic rings. The van der Waals surface area contributed by atoms with Gasteiger partial charge in [-0.3, -0.25) is 4.79 Å². The molecule has 0 aromatic heterocycles. The number of ether oxygens (including phenoxy) is 1. The molecule has 0 fully saturated rings. The molecule has 0 saturated heterocycles. The number of hydrogen-bond acceptors (Lipinski definition) is 2. The van der Waals surface area contributed by atoms with Gasteiger partial charge in [0.2, 0.25) is 0 Å². The minimum absolute atomic E-state index is 0.108. The molecular weight excluding hydrogens is 320 g/mol. The Bertz CT molecular complexity index is 413. The van der Waals surface area contributed by atoms with E-state index in [1.807, 2.05) is 6.92 Å². The average Bonchev–Trinajstić information content (AvgIpc) is 2.34. The lowest BCUT2D eigenvalue weighted by molar-refractivity contribution is -0.0501. The maximum atomic E-state index is 12.2. The molecule has 0 aliphatic carbocycles. The van der Waals surface area contributed by atoms with Crippen LogP contribution >= 0.6 is 15.9 Å². The highest BCUT2D eigenvalue weighted by Gasteiger charge is 2.14. The molecule has 0 spiro atoms. The first kappa shape index (κ1) is 15.9. The fourth-order valence-corrected chi connectivity index (χ4v) is 1.86. The van der Waals surface area contributed by atoms with Crippen LogP contribution < -0.4 is 10.1 Å². The average molecular weight is 336 g/mol. The Balaban J connectivity index is 2.56. The van der Waals surface area contributed by atoms with Gasteiger partial charge in [-0.2, -0.15) is 8.78 Å². The van der Waals surface area contributed by atoms with Crippen molar-refractivity contribution in [2.45, 2.75) is 31.2 Å². The Hall–Kier alpha value is -1.17. The monoisotopic (exact) mass is 335 g/mol. The molecular formula is C13H16BrF2NO2. The van der Waals surface area contributed by atoms with Gasteiger partial charge in [0.25, 0.3) is 5.91 Å². The summed E-state index contributed by atoms with van der Waals surface area (Å²) in [6, 6.07) is 5.95. The molecule has 0 aliphatic heterocycles. The molecule has 1 rings (SSSR count). The maximum absolute atomic E-state index is 12.2. The quantitative estimate of drug-likeness (QED) is 0.611. The van der Waals surface area contributed by atoms with Crippen LogP contribution in [0.5, 0.6) is 5.75 Å². The van der Waals surface area contributed by atoms with E-state index in [4.69, 9.17) is 0 Å². The van der Waals surface area contributed by atoms with Crippen molar-refractivity contribution in [1.29, 1.82) is 0 Å². The van der Waals surface area contributed by atoms with E-state index in [0.29, 0.717) is 11.4 Å². The Morgan fingerprint density at radius 2 is 2.11 bits per heavy atom. The second-order valence-corrected chi connectivity index (χ2v) is 5.62. The third-order valence-electron chi connectivity index (χ3n) is 2.41. The van der Waals surface area contributed by atoms with Gasteiger partial charge in [0, 0.05) is 11.4 Å². The Morgan fingerprint density at radius 3 is 2.74 bits per heavy atom. The summed E-state index contributed by atoms with van der Waals surface area (Å²) >= 11 is 3.41. The molecule has 106 valence electrons. The number of alkyl halides is 3. The number of hydrogen-bond donors (Lipinski definition) is 1. The molecule has 19 heavy (non-hydrogen) atoms. The maximum Gasteiger partial charge on any atom is 0.387 e. The van der Waals surface area contributed by atoms with Gasteiger partial charge in [-0.05, 0) is 25.0 Å². The Kier molecular flexibility index (Phi) is 6.77. The molecule has 0 heterocycles. The summed E-state index contributed by atoms with van der Waals surface area (Å²) in [5.41, 5.74) is 0.120. The predicted molar refractivity (Wildman–Crippen MR) is 73.0 cm³/mol. The molecule has 3 nitrogen and oxygen atoms in total. The van der Waals surface area contributed by atoms with Crippen LogP contribution in [-0.4, -0.2) is 23.9 Å². The summed E-state index contributed by atoms with van der Waals surface area (Å²) in [7, 11) is 0. The molecule has 6 heteroatoms. The summed E-state index contributed by atoms with van der Waals surface area (Å²) in [6.07, 6.45) is 1.74. The van der Waals surface area contributed by atoms with Crippen molar-refractivity contribution in [1.82, 2.24) is 5.32 Å². The van der Waals surface area contributed by atoms with Crippen LogP contribution in [0.3, 0.4) is 0 Å². The summed E-state index contributed by atoms with van der Waals surface area (Å²) in [5, 5.41) is 2.68. The molecule has 0 saturated carbocycles. The van der Waals surface area contributed by atoms with Crippen LogP contribution in [0, 0.1) is 0 Å². The molecule has 1 atom stereocenters. The zero-order valence-electron chi connectivity index (χ0n) is 10.5. The van der Waals surface area contributed by atoms with Gasteiger partial charge in [-0.25, -0.2) is 0 Å². The highest BCUT2D eigenvalue weighted by Crippen LogP contribution is 2.20. The number of para-hydroxylation sites is 1. The van der Waals surface area contributed by atoms with Gasteiger partial charge in [-0.15, -0.1) is 0 Å². The number of carbonyl (C=O) groups excluding carboxylic acids is 1. The molecule has 0 aliphatic rings. The number of benzene rings is 1. The van der Waals surface area contributed by atoms with Crippen molar-refractivity contribution in [2.75, 3.05) is 6.54 Å². The largest absolute Gasteiger partial charge is 0.434 e. The normalized spacial score (nSPS) is 12.3. The summed E-state index contributed by atoms with van der Waals surface area (Å²) < 4.78 is 28.7. The van der Waals surface area contributed by atoms with Gasteiger partial charge in [-0.1, -0.05) is 35.0 Å². The Labute approximate surface area is 119 Å². The van der Waals surface area contributed by atoms with Crippen LogP contribution in [0.4, 0.5) is 8.78 Å². The smallest absolute Gasteiger partial charge is 0.387 e. The van der Waals surface area contributed by atoms with Crippen LogP contribution in [0.2, 0.25) is 0 Å². The van der Waals surface area contributed by atoms with E-state index >= 15 is 0 Å². The minimum atomic E-state index is -2.94. The van der Waals surface area contributed by atoms with Gasteiger partial charge >= 0.3 is 6.61 Å². The van der Waals surface area contributed by atoms with Crippen LogP contribution in [-0.2, 0) is 0 Å². The topological polar surface area (TPSA) is 38.3 Å². The van der Waals surface area contributed by atoms with Crippen molar-refractivity contribution in [2.24, 2.45) is 0 Å². The fraction of sp³-hybridized carbons (Fsp3) is 0.462. The summed E-state index contributed by atoms with van der Waals surface area (Å²) in [4.78, 5) is 12.2. The highest BCUT2D eigenvalue weighted by molar-refractivity contribution is 9.09. The zero-order valence-corrected chi connectivity index (χ0v) is 12.1. The zero-order chi connectivity index (χ0) is 14.3. The van der Waals surface area contributed by atoms with E-state index in [2.05, 4.69) is 26.0 Å². The van der Waals surface area contributed by atoms with E-state index in [9.17, 15) is 13.6 Å². The molecule has 1 amide bonds. The second kappa shape index (κ2) is 8.09. The molecule has 1 N–H and O–H groups in total. The number of rotatable bonds is 7. The Morgan fingerprint density at radius 1 is 1.42 bits per heavy atom. The van der Waals surface area contributed by atoms with Crippen molar-refractivity contribution < 1.29 is 18.3 Å². The summed E-state index contributed by atoms with van der Waals surface area (Å²) in [6.45, 7) is -0.422. The van der Waals surface area contributed by atoms with Crippen LogP contribution in [0.25, 0.3) is 0 Å². The third kappa shape index (κ3) is 6.00. The van der Waals surface area contributed by atoms with Crippen molar-refractivity contribution in [3.63, 3.8) is 0 Å². The van der Waals surface area contributed by atoms with Crippen molar-refractivity contribution in [3.05, 3.63) is 29.8 Å². The molecule has 1 unspecified atom stereocenters. The molecule has 0 radical (unpaired) electrons. The number of halogens is 3. The lowest BCUT2D eigenvalue weighted by Crippen LogP contribution is -2.25. The SMILES string of the molecule is CC(Br)CCCNC(=O)c1ccccc1OC(F)F. The number of amides is 1. The van der Waals surface area contributed by atoms with Crippen LogP contribution in [0.1, 0.15) is 30.1 Å². The lowest BCUT2D eigenvalue weighted by Gasteiger charge is -2.11. The highest BCUT2D eigenvalue weighted by atomic mass is 79.9. The van der Waals surface area contributed by atoms with Crippen molar-refractivity contribution in [3.8, 4) is 5.75 Å². The van der Waals surface area contributed by atoms with E-state index in [-0.39, 0.29) is 11.3 Å². The number of nitrogens with one attached hydrogen (secondary N) is 1. The number of carbonyl (C=O) groups is 1.